The lowest BCUT2D eigenvalue weighted by Gasteiger charge is -2.28. The van der Waals surface area contributed by atoms with Crippen molar-refractivity contribution in [3.05, 3.63) is 77.6 Å². The van der Waals surface area contributed by atoms with E-state index in [0.717, 1.165) is 23.6 Å². The standard InChI is InChI=1S/C27H27F3O/c1-2-3-17-4-6-18(7-5-17)19-8-10-20(11-9-19)21-12-13-23(24(28)14-21)22-15-25(29)27(31)26(30)16-22/h8-18,31H,2-7H2,1H3. The van der Waals surface area contributed by atoms with Crippen LogP contribution in [0.25, 0.3) is 22.3 Å². The number of hydrogen-bond donors (Lipinski definition) is 1. The number of hydrogen-bond acceptors (Lipinski definition) is 1. The molecule has 3 aromatic rings. The second-order valence-corrected chi connectivity index (χ2v) is 8.61. The Hall–Kier alpha value is -2.75. The van der Waals surface area contributed by atoms with Crippen LogP contribution in [0, 0.1) is 23.4 Å². The fourth-order valence-corrected chi connectivity index (χ4v) is 4.79. The molecule has 0 radical (unpaired) electrons. The molecule has 162 valence electrons. The highest BCUT2D eigenvalue weighted by Crippen LogP contribution is 2.38. The van der Waals surface area contributed by atoms with Gasteiger partial charge in [-0.15, -0.1) is 0 Å². The summed E-state index contributed by atoms with van der Waals surface area (Å²) < 4.78 is 42.0. The molecule has 0 atom stereocenters. The number of aromatic hydroxyl groups is 1. The zero-order chi connectivity index (χ0) is 22.0. The van der Waals surface area contributed by atoms with Crippen molar-refractivity contribution in [1.82, 2.24) is 0 Å². The molecule has 1 saturated carbocycles. The van der Waals surface area contributed by atoms with E-state index in [0.29, 0.717) is 11.5 Å². The van der Waals surface area contributed by atoms with Crippen LogP contribution in [-0.4, -0.2) is 5.11 Å². The van der Waals surface area contributed by atoms with Gasteiger partial charge in [0.15, 0.2) is 17.4 Å². The summed E-state index contributed by atoms with van der Waals surface area (Å²) in [6.45, 7) is 2.25. The Bertz CT molecular complexity index is 1030. The largest absolute Gasteiger partial charge is 0.503 e. The van der Waals surface area contributed by atoms with Crippen LogP contribution in [-0.2, 0) is 0 Å². The van der Waals surface area contributed by atoms with Crippen LogP contribution in [0.2, 0.25) is 0 Å². The minimum Gasteiger partial charge on any atom is -0.503 e. The van der Waals surface area contributed by atoms with Crippen molar-refractivity contribution in [2.75, 3.05) is 0 Å². The number of halogens is 3. The molecule has 1 aliphatic rings. The van der Waals surface area contributed by atoms with Crippen molar-refractivity contribution in [1.29, 1.82) is 0 Å². The summed E-state index contributed by atoms with van der Waals surface area (Å²) in [5.41, 5.74) is 3.08. The van der Waals surface area contributed by atoms with Gasteiger partial charge in [0.05, 0.1) is 0 Å². The fraction of sp³-hybridized carbons (Fsp3) is 0.333. The van der Waals surface area contributed by atoms with Gasteiger partial charge in [0.2, 0.25) is 0 Å². The topological polar surface area (TPSA) is 20.2 Å². The maximum atomic E-state index is 14.7. The molecule has 1 aliphatic carbocycles. The maximum absolute atomic E-state index is 14.7. The van der Waals surface area contributed by atoms with E-state index in [9.17, 15) is 18.3 Å². The van der Waals surface area contributed by atoms with Gasteiger partial charge in [-0.25, -0.2) is 13.2 Å². The molecule has 0 amide bonds. The molecule has 0 bridgehead atoms. The number of benzene rings is 3. The predicted octanol–water partition coefficient (Wildman–Crippen LogP) is 8.22. The Morgan fingerprint density at radius 3 is 1.90 bits per heavy atom. The highest BCUT2D eigenvalue weighted by molar-refractivity contribution is 5.71. The summed E-state index contributed by atoms with van der Waals surface area (Å²) in [5.74, 6) is -2.38. The SMILES string of the molecule is CCCC1CCC(c2ccc(-c3ccc(-c4cc(F)c(O)c(F)c4)c(F)c3)cc2)CC1. The third-order valence-electron chi connectivity index (χ3n) is 6.56. The second kappa shape index (κ2) is 9.17. The average molecular weight is 425 g/mol. The third kappa shape index (κ3) is 4.63. The molecule has 4 heteroatoms. The summed E-state index contributed by atoms with van der Waals surface area (Å²) in [5, 5.41) is 9.25. The first-order valence-corrected chi connectivity index (χ1v) is 11.0. The van der Waals surface area contributed by atoms with Crippen molar-refractivity contribution in [2.45, 2.75) is 51.4 Å². The Kier molecular flexibility index (Phi) is 6.35. The van der Waals surface area contributed by atoms with Crippen LogP contribution < -0.4 is 0 Å². The van der Waals surface area contributed by atoms with E-state index < -0.39 is 23.2 Å². The molecular weight excluding hydrogens is 397 g/mol. The monoisotopic (exact) mass is 424 g/mol. The van der Waals surface area contributed by atoms with Crippen molar-refractivity contribution in [2.24, 2.45) is 5.92 Å². The molecule has 1 fully saturated rings. The minimum atomic E-state index is -1.11. The molecule has 4 rings (SSSR count). The van der Waals surface area contributed by atoms with Crippen molar-refractivity contribution < 1.29 is 18.3 Å². The van der Waals surface area contributed by atoms with Gasteiger partial charge in [-0.05, 0) is 78.0 Å². The van der Waals surface area contributed by atoms with Crippen LogP contribution in [0.1, 0.15) is 56.9 Å². The van der Waals surface area contributed by atoms with Gasteiger partial charge in [0, 0.05) is 5.56 Å². The van der Waals surface area contributed by atoms with Gasteiger partial charge in [-0.2, -0.15) is 0 Å². The van der Waals surface area contributed by atoms with E-state index in [-0.39, 0.29) is 11.1 Å². The zero-order valence-corrected chi connectivity index (χ0v) is 17.7. The van der Waals surface area contributed by atoms with E-state index >= 15 is 0 Å². The molecule has 1 N–H and O–H groups in total. The van der Waals surface area contributed by atoms with E-state index in [1.807, 2.05) is 12.1 Å². The van der Waals surface area contributed by atoms with Crippen LogP contribution in [0.5, 0.6) is 5.75 Å². The number of phenols is 1. The van der Waals surface area contributed by atoms with E-state index in [2.05, 4.69) is 19.1 Å². The van der Waals surface area contributed by atoms with Gasteiger partial charge >= 0.3 is 0 Å². The molecule has 0 heterocycles. The van der Waals surface area contributed by atoms with E-state index in [1.54, 1.807) is 6.07 Å². The highest BCUT2D eigenvalue weighted by atomic mass is 19.1. The lowest BCUT2D eigenvalue weighted by molar-refractivity contribution is 0.308. The van der Waals surface area contributed by atoms with Crippen LogP contribution in [0.3, 0.4) is 0 Å². The Morgan fingerprint density at radius 2 is 1.32 bits per heavy atom. The molecular formula is C27H27F3O. The lowest BCUT2D eigenvalue weighted by atomic mass is 9.77. The van der Waals surface area contributed by atoms with Gasteiger partial charge in [-0.1, -0.05) is 56.2 Å². The fourth-order valence-electron chi connectivity index (χ4n) is 4.79. The number of rotatable bonds is 5. The lowest BCUT2D eigenvalue weighted by Crippen LogP contribution is -2.13. The third-order valence-corrected chi connectivity index (χ3v) is 6.56. The van der Waals surface area contributed by atoms with Gasteiger partial charge < -0.3 is 5.11 Å². The quantitative estimate of drug-likeness (QED) is 0.437. The first-order valence-electron chi connectivity index (χ1n) is 11.0. The van der Waals surface area contributed by atoms with Gasteiger partial charge in [-0.3, -0.25) is 0 Å². The molecule has 0 aromatic heterocycles. The van der Waals surface area contributed by atoms with Crippen molar-refractivity contribution >= 4 is 0 Å². The first-order chi connectivity index (χ1) is 15.0. The van der Waals surface area contributed by atoms with Crippen LogP contribution >= 0.6 is 0 Å². The van der Waals surface area contributed by atoms with E-state index in [1.165, 1.54) is 56.2 Å². The van der Waals surface area contributed by atoms with Crippen molar-refractivity contribution in [3.63, 3.8) is 0 Å². The Labute approximate surface area is 181 Å². The maximum Gasteiger partial charge on any atom is 0.187 e. The Balaban J connectivity index is 1.51. The smallest absolute Gasteiger partial charge is 0.187 e. The molecule has 1 nitrogen and oxygen atoms in total. The summed E-state index contributed by atoms with van der Waals surface area (Å²) in [4.78, 5) is 0. The summed E-state index contributed by atoms with van der Waals surface area (Å²) in [6, 6.07) is 14.8. The molecule has 0 spiro atoms. The second-order valence-electron chi connectivity index (χ2n) is 8.61. The first kappa shape index (κ1) is 21.5. The normalized spacial score (nSPS) is 18.8. The summed E-state index contributed by atoms with van der Waals surface area (Å²) >= 11 is 0. The van der Waals surface area contributed by atoms with Crippen molar-refractivity contribution in [3.8, 4) is 28.0 Å². The minimum absolute atomic E-state index is 0.0471. The van der Waals surface area contributed by atoms with Gasteiger partial charge in [0.25, 0.3) is 0 Å². The molecule has 0 unspecified atom stereocenters. The summed E-state index contributed by atoms with van der Waals surface area (Å²) in [7, 11) is 0. The Morgan fingerprint density at radius 1 is 0.742 bits per heavy atom. The van der Waals surface area contributed by atoms with Crippen LogP contribution in [0.15, 0.2) is 54.6 Å². The summed E-state index contributed by atoms with van der Waals surface area (Å²) in [6.07, 6.45) is 7.64. The van der Waals surface area contributed by atoms with E-state index in [4.69, 9.17) is 0 Å². The molecule has 0 saturated heterocycles. The zero-order valence-electron chi connectivity index (χ0n) is 17.7. The molecule has 0 aliphatic heterocycles. The van der Waals surface area contributed by atoms with Crippen LogP contribution in [0.4, 0.5) is 13.2 Å². The predicted molar refractivity (Wildman–Crippen MR) is 118 cm³/mol. The van der Waals surface area contributed by atoms with Gasteiger partial charge in [0.1, 0.15) is 5.82 Å². The highest BCUT2D eigenvalue weighted by Gasteiger charge is 2.22. The number of phenolic OH excluding ortho intramolecular Hbond substituents is 1. The average Bonchev–Trinajstić information content (AvgIpc) is 2.78. The molecule has 3 aromatic carbocycles. The molecule has 31 heavy (non-hydrogen) atoms.